The van der Waals surface area contributed by atoms with Gasteiger partial charge in [0.05, 0.1) is 11.3 Å². The van der Waals surface area contributed by atoms with Crippen molar-refractivity contribution in [2.24, 2.45) is 0 Å². The number of thiophene rings is 1. The summed E-state index contributed by atoms with van der Waals surface area (Å²) in [5.41, 5.74) is 2.70. The molecular formula is C14H14N2S. The van der Waals surface area contributed by atoms with Crippen molar-refractivity contribution in [3.63, 3.8) is 0 Å². The van der Waals surface area contributed by atoms with Crippen molar-refractivity contribution < 1.29 is 0 Å². The van der Waals surface area contributed by atoms with Gasteiger partial charge in [-0.25, -0.2) is 0 Å². The molecule has 0 aliphatic carbocycles. The molecule has 1 N–H and O–H groups in total. The van der Waals surface area contributed by atoms with Crippen LogP contribution in [0.15, 0.2) is 35.7 Å². The zero-order chi connectivity index (χ0) is 12.1. The Bertz CT molecular complexity index is 524. The lowest BCUT2D eigenvalue weighted by molar-refractivity contribution is 1.04. The van der Waals surface area contributed by atoms with Gasteiger partial charge in [0.1, 0.15) is 6.07 Å². The van der Waals surface area contributed by atoms with Gasteiger partial charge in [0, 0.05) is 11.4 Å². The van der Waals surface area contributed by atoms with Gasteiger partial charge in [-0.1, -0.05) is 18.2 Å². The van der Waals surface area contributed by atoms with Gasteiger partial charge in [0.15, 0.2) is 0 Å². The number of nitriles is 1. The number of rotatable bonds is 4. The van der Waals surface area contributed by atoms with Crippen LogP contribution in [-0.2, 0) is 6.42 Å². The molecule has 0 saturated carbocycles. The van der Waals surface area contributed by atoms with E-state index in [4.69, 9.17) is 5.26 Å². The van der Waals surface area contributed by atoms with Crippen LogP contribution in [-0.4, -0.2) is 6.54 Å². The van der Waals surface area contributed by atoms with Crippen LogP contribution in [0.4, 0.5) is 5.69 Å². The van der Waals surface area contributed by atoms with E-state index in [0.717, 1.165) is 29.8 Å². The molecule has 0 spiro atoms. The average Bonchev–Trinajstić information content (AvgIpc) is 2.82. The Morgan fingerprint density at radius 1 is 1.29 bits per heavy atom. The molecule has 2 nitrogen and oxygen atoms in total. The SMILES string of the molecule is Cc1cccc(NCCc2cccs2)c1C#N. The predicted molar refractivity (Wildman–Crippen MR) is 72.4 cm³/mol. The summed E-state index contributed by atoms with van der Waals surface area (Å²) in [5, 5.41) is 14.5. The Hall–Kier alpha value is -1.79. The van der Waals surface area contributed by atoms with Crippen LogP contribution in [0.2, 0.25) is 0 Å². The molecule has 0 fully saturated rings. The number of nitrogens with zero attached hydrogens (tertiary/aromatic N) is 1. The Morgan fingerprint density at radius 3 is 2.88 bits per heavy atom. The van der Waals surface area contributed by atoms with E-state index in [1.165, 1.54) is 4.88 Å². The summed E-state index contributed by atoms with van der Waals surface area (Å²) >= 11 is 1.77. The standard InChI is InChI=1S/C14H14N2S/c1-11-4-2-6-14(13(11)10-15)16-8-7-12-5-3-9-17-12/h2-6,9,16H,7-8H2,1H3. The summed E-state index contributed by atoms with van der Waals surface area (Å²) in [6.07, 6.45) is 0.997. The van der Waals surface area contributed by atoms with E-state index in [9.17, 15) is 0 Å². The fraction of sp³-hybridized carbons (Fsp3) is 0.214. The van der Waals surface area contributed by atoms with Crippen LogP contribution >= 0.6 is 11.3 Å². The smallest absolute Gasteiger partial charge is 0.102 e. The van der Waals surface area contributed by atoms with Gasteiger partial charge in [-0.3, -0.25) is 0 Å². The minimum Gasteiger partial charge on any atom is -0.384 e. The first-order valence-corrected chi connectivity index (χ1v) is 6.45. The molecule has 0 saturated heterocycles. The van der Waals surface area contributed by atoms with Crippen molar-refractivity contribution in [2.75, 3.05) is 11.9 Å². The maximum absolute atomic E-state index is 9.09. The molecule has 0 unspecified atom stereocenters. The van der Waals surface area contributed by atoms with E-state index >= 15 is 0 Å². The molecular weight excluding hydrogens is 228 g/mol. The summed E-state index contributed by atoms with van der Waals surface area (Å²) in [6, 6.07) is 12.3. The van der Waals surface area contributed by atoms with Crippen molar-refractivity contribution in [3.8, 4) is 6.07 Å². The molecule has 2 aromatic rings. The molecule has 1 aromatic carbocycles. The largest absolute Gasteiger partial charge is 0.384 e. The Morgan fingerprint density at radius 2 is 2.18 bits per heavy atom. The van der Waals surface area contributed by atoms with Gasteiger partial charge in [0.25, 0.3) is 0 Å². The monoisotopic (exact) mass is 242 g/mol. The van der Waals surface area contributed by atoms with E-state index in [1.54, 1.807) is 11.3 Å². The predicted octanol–water partition coefficient (Wildman–Crippen LogP) is 3.58. The zero-order valence-corrected chi connectivity index (χ0v) is 10.6. The van der Waals surface area contributed by atoms with E-state index in [0.29, 0.717) is 0 Å². The highest BCUT2D eigenvalue weighted by atomic mass is 32.1. The maximum atomic E-state index is 9.09. The molecule has 0 bridgehead atoms. The molecule has 0 amide bonds. The topological polar surface area (TPSA) is 35.8 Å². The molecule has 1 heterocycles. The average molecular weight is 242 g/mol. The second-order valence-corrected chi connectivity index (χ2v) is 4.90. The third-order valence-electron chi connectivity index (χ3n) is 2.65. The molecule has 17 heavy (non-hydrogen) atoms. The van der Waals surface area contributed by atoms with Crippen molar-refractivity contribution in [1.82, 2.24) is 0 Å². The van der Waals surface area contributed by atoms with Gasteiger partial charge < -0.3 is 5.32 Å². The molecule has 3 heteroatoms. The molecule has 0 radical (unpaired) electrons. The second kappa shape index (κ2) is 5.51. The first kappa shape index (κ1) is 11.7. The van der Waals surface area contributed by atoms with Crippen LogP contribution in [0.25, 0.3) is 0 Å². The van der Waals surface area contributed by atoms with Crippen molar-refractivity contribution >= 4 is 17.0 Å². The molecule has 86 valence electrons. The Kier molecular flexibility index (Phi) is 3.79. The van der Waals surface area contributed by atoms with Crippen molar-refractivity contribution in [2.45, 2.75) is 13.3 Å². The highest BCUT2D eigenvalue weighted by molar-refractivity contribution is 7.09. The van der Waals surface area contributed by atoms with Gasteiger partial charge in [-0.05, 0) is 36.4 Å². The lowest BCUT2D eigenvalue weighted by Crippen LogP contribution is -2.05. The summed E-state index contributed by atoms with van der Waals surface area (Å²) < 4.78 is 0. The number of aryl methyl sites for hydroxylation is 1. The lowest BCUT2D eigenvalue weighted by atomic mass is 10.1. The molecule has 0 aliphatic heterocycles. The summed E-state index contributed by atoms with van der Waals surface area (Å²) in [5.74, 6) is 0. The number of hydrogen-bond acceptors (Lipinski definition) is 3. The summed E-state index contributed by atoms with van der Waals surface area (Å²) in [6.45, 7) is 2.82. The minimum atomic E-state index is 0.749. The van der Waals surface area contributed by atoms with Crippen LogP contribution in [0.3, 0.4) is 0 Å². The van der Waals surface area contributed by atoms with Crippen molar-refractivity contribution in [1.29, 1.82) is 5.26 Å². The summed E-state index contributed by atoms with van der Waals surface area (Å²) in [7, 11) is 0. The maximum Gasteiger partial charge on any atom is 0.102 e. The molecule has 2 rings (SSSR count). The van der Waals surface area contributed by atoms with Crippen molar-refractivity contribution in [3.05, 3.63) is 51.7 Å². The summed E-state index contributed by atoms with van der Waals surface area (Å²) in [4.78, 5) is 1.36. The fourth-order valence-electron chi connectivity index (χ4n) is 1.74. The first-order chi connectivity index (χ1) is 8.31. The van der Waals surface area contributed by atoms with Gasteiger partial charge in [0.2, 0.25) is 0 Å². The molecule has 1 aromatic heterocycles. The van der Waals surface area contributed by atoms with Crippen LogP contribution in [0.1, 0.15) is 16.0 Å². The minimum absolute atomic E-state index is 0.749. The Balaban J connectivity index is 2.00. The number of nitrogens with one attached hydrogen (secondary N) is 1. The lowest BCUT2D eigenvalue weighted by Gasteiger charge is -2.09. The Labute approximate surface area is 106 Å². The highest BCUT2D eigenvalue weighted by Gasteiger charge is 2.03. The van der Waals surface area contributed by atoms with E-state index in [-0.39, 0.29) is 0 Å². The second-order valence-electron chi connectivity index (χ2n) is 3.87. The third kappa shape index (κ3) is 2.86. The van der Waals surface area contributed by atoms with Gasteiger partial charge in [-0.15, -0.1) is 11.3 Å². The highest BCUT2D eigenvalue weighted by Crippen LogP contribution is 2.18. The van der Waals surface area contributed by atoms with E-state index in [2.05, 4.69) is 28.9 Å². The van der Waals surface area contributed by atoms with Gasteiger partial charge in [-0.2, -0.15) is 5.26 Å². The molecule has 0 atom stereocenters. The van der Waals surface area contributed by atoms with Crippen LogP contribution in [0.5, 0.6) is 0 Å². The fourth-order valence-corrected chi connectivity index (χ4v) is 2.45. The normalized spacial score (nSPS) is 9.88. The quantitative estimate of drug-likeness (QED) is 0.889. The van der Waals surface area contributed by atoms with Gasteiger partial charge >= 0.3 is 0 Å². The number of benzene rings is 1. The molecule has 0 aliphatic rings. The van der Waals surface area contributed by atoms with Crippen LogP contribution in [0, 0.1) is 18.3 Å². The van der Waals surface area contributed by atoms with E-state index < -0.39 is 0 Å². The number of hydrogen-bond donors (Lipinski definition) is 1. The number of anilines is 1. The first-order valence-electron chi connectivity index (χ1n) is 5.57. The van der Waals surface area contributed by atoms with Crippen LogP contribution < -0.4 is 5.32 Å². The van der Waals surface area contributed by atoms with E-state index in [1.807, 2.05) is 25.1 Å². The third-order valence-corrected chi connectivity index (χ3v) is 3.59. The zero-order valence-electron chi connectivity index (χ0n) is 9.73.